The van der Waals surface area contributed by atoms with Gasteiger partial charge in [0.15, 0.2) is 0 Å². The molecule has 2 aromatic rings. The van der Waals surface area contributed by atoms with E-state index in [1.165, 1.54) is 5.56 Å². The van der Waals surface area contributed by atoms with E-state index in [-0.39, 0.29) is 0 Å². The Balaban J connectivity index is 2.54. The highest BCUT2D eigenvalue weighted by molar-refractivity contribution is 6.36. The molecule has 0 spiro atoms. The predicted molar refractivity (Wildman–Crippen MR) is 66.6 cm³/mol. The molecule has 0 saturated heterocycles. The second-order valence-electron chi connectivity index (χ2n) is 3.49. The van der Waals surface area contributed by atoms with Gasteiger partial charge in [-0.1, -0.05) is 59.1 Å². The van der Waals surface area contributed by atoms with Gasteiger partial charge in [0.1, 0.15) is 0 Å². The van der Waals surface area contributed by atoms with E-state index in [1.54, 1.807) is 6.07 Å². The van der Waals surface area contributed by atoms with E-state index < -0.39 is 0 Å². The lowest BCUT2D eigenvalue weighted by Gasteiger charge is -2.05. The Kier molecular flexibility index (Phi) is 2.99. The maximum atomic E-state index is 6.13. The summed E-state index contributed by atoms with van der Waals surface area (Å²) in [7, 11) is 0. The molecule has 2 heteroatoms. The maximum absolute atomic E-state index is 6.13. The third-order valence-electron chi connectivity index (χ3n) is 2.26. The molecule has 0 unspecified atom stereocenters. The fourth-order valence-electron chi connectivity index (χ4n) is 1.54. The van der Waals surface area contributed by atoms with Gasteiger partial charge in [-0.3, -0.25) is 0 Å². The van der Waals surface area contributed by atoms with Gasteiger partial charge in [0.2, 0.25) is 0 Å². The number of rotatable bonds is 1. The van der Waals surface area contributed by atoms with Crippen LogP contribution in [0.15, 0.2) is 42.5 Å². The zero-order valence-electron chi connectivity index (χ0n) is 8.30. The summed E-state index contributed by atoms with van der Waals surface area (Å²) in [6, 6.07) is 13.8. The minimum absolute atomic E-state index is 0.663. The average molecular weight is 237 g/mol. The van der Waals surface area contributed by atoms with Gasteiger partial charge in [-0.2, -0.15) is 0 Å². The van der Waals surface area contributed by atoms with Gasteiger partial charge >= 0.3 is 0 Å². The lowest BCUT2D eigenvalue weighted by molar-refractivity contribution is 1.47. The van der Waals surface area contributed by atoms with Crippen LogP contribution in [0.4, 0.5) is 0 Å². The number of hydrogen-bond acceptors (Lipinski definition) is 0. The zero-order valence-corrected chi connectivity index (χ0v) is 9.81. The molecular weight excluding hydrogens is 227 g/mol. The molecule has 15 heavy (non-hydrogen) atoms. The van der Waals surface area contributed by atoms with Crippen molar-refractivity contribution in [1.29, 1.82) is 0 Å². The molecule has 0 aliphatic carbocycles. The fraction of sp³-hybridized carbons (Fsp3) is 0.0769. The van der Waals surface area contributed by atoms with Crippen LogP contribution < -0.4 is 0 Å². The molecule has 0 atom stereocenters. The van der Waals surface area contributed by atoms with Crippen LogP contribution in [0.1, 0.15) is 5.56 Å². The minimum Gasteiger partial charge on any atom is -0.0843 e. The average Bonchev–Trinajstić information content (AvgIpc) is 2.17. The molecule has 0 aliphatic heterocycles. The molecule has 0 nitrogen and oxygen atoms in total. The Morgan fingerprint density at radius 2 is 1.73 bits per heavy atom. The van der Waals surface area contributed by atoms with E-state index >= 15 is 0 Å². The third kappa shape index (κ3) is 2.34. The molecule has 0 heterocycles. The van der Waals surface area contributed by atoms with Crippen molar-refractivity contribution in [1.82, 2.24) is 0 Å². The van der Waals surface area contributed by atoms with Crippen molar-refractivity contribution < 1.29 is 0 Å². The van der Waals surface area contributed by atoms with Gasteiger partial charge < -0.3 is 0 Å². The zero-order chi connectivity index (χ0) is 10.8. The van der Waals surface area contributed by atoms with Crippen LogP contribution in [-0.4, -0.2) is 0 Å². The predicted octanol–water partition coefficient (Wildman–Crippen LogP) is 4.97. The van der Waals surface area contributed by atoms with E-state index in [9.17, 15) is 0 Å². The van der Waals surface area contributed by atoms with Gasteiger partial charge in [-0.05, 0) is 24.6 Å². The van der Waals surface area contributed by atoms with E-state index in [0.29, 0.717) is 10.0 Å². The highest BCUT2D eigenvalue weighted by atomic mass is 35.5. The summed E-state index contributed by atoms with van der Waals surface area (Å²) in [6.07, 6.45) is 0. The van der Waals surface area contributed by atoms with Crippen molar-refractivity contribution in [3.63, 3.8) is 0 Å². The molecule has 0 radical (unpaired) electrons. The van der Waals surface area contributed by atoms with Crippen LogP contribution >= 0.6 is 23.2 Å². The van der Waals surface area contributed by atoms with Crippen molar-refractivity contribution in [3.8, 4) is 11.1 Å². The molecule has 0 fully saturated rings. The van der Waals surface area contributed by atoms with Crippen LogP contribution in [0.25, 0.3) is 11.1 Å². The van der Waals surface area contributed by atoms with Gasteiger partial charge in [-0.25, -0.2) is 0 Å². The summed E-state index contributed by atoms with van der Waals surface area (Å²) >= 11 is 12.0. The van der Waals surface area contributed by atoms with Crippen molar-refractivity contribution in [2.75, 3.05) is 0 Å². The lowest BCUT2D eigenvalue weighted by Crippen LogP contribution is -1.80. The van der Waals surface area contributed by atoms with Crippen molar-refractivity contribution in [3.05, 3.63) is 58.1 Å². The van der Waals surface area contributed by atoms with E-state index in [4.69, 9.17) is 23.2 Å². The molecule has 0 aromatic heterocycles. The van der Waals surface area contributed by atoms with Crippen LogP contribution in [0.5, 0.6) is 0 Å². The third-order valence-corrected chi connectivity index (χ3v) is 2.81. The molecule has 0 saturated carbocycles. The van der Waals surface area contributed by atoms with Crippen LogP contribution in [0.2, 0.25) is 10.0 Å². The van der Waals surface area contributed by atoms with E-state index in [2.05, 4.69) is 19.1 Å². The number of benzene rings is 2. The fourth-order valence-corrected chi connectivity index (χ4v) is 2.05. The monoisotopic (exact) mass is 236 g/mol. The molecule has 0 bridgehead atoms. The Morgan fingerprint density at radius 3 is 2.40 bits per heavy atom. The lowest BCUT2D eigenvalue weighted by atomic mass is 10.0. The Labute approximate surface area is 99.5 Å². The van der Waals surface area contributed by atoms with Crippen LogP contribution in [0.3, 0.4) is 0 Å². The molecular formula is C13H10Cl2. The Hall–Kier alpha value is -0.980. The second kappa shape index (κ2) is 4.26. The standard InChI is InChI=1S/C13H10Cl2/c1-9-3-2-4-10(7-9)12-6-5-11(14)8-13(12)15/h2-8H,1H3. The van der Waals surface area contributed by atoms with Gasteiger partial charge in [0, 0.05) is 15.6 Å². The summed E-state index contributed by atoms with van der Waals surface area (Å²) in [5.74, 6) is 0. The van der Waals surface area contributed by atoms with Gasteiger partial charge in [-0.15, -0.1) is 0 Å². The number of halogens is 2. The number of aryl methyl sites for hydroxylation is 1. The van der Waals surface area contributed by atoms with Crippen molar-refractivity contribution >= 4 is 23.2 Å². The maximum Gasteiger partial charge on any atom is 0.0499 e. The highest BCUT2D eigenvalue weighted by Crippen LogP contribution is 2.30. The second-order valence-corrected chi connectivity index (χ2v) is 4.34. The molecule has 2 rings (SSSR count). The quantitative estimate of drug-likeness (QED) is 0.656. The van der Waals surface area contributed by atoms with Crippen LogP contribution in [0, 0.1) is 6.92 Å². The first-order valence-corrected chi connectivity index (χ1v) is 5.44. The van der Waals surface area contributed by atoms with E-state index in [1.807, 2.05) is 24.3 Å². The topological polar surface area (TPSA) is 0 Å². The Bertz CT molecular complexity index is 490. The van der Waals surface area contributed by atoms with Crippen LogP contribution in [-0.2, 0) is 0 Å². The molecule has 2 aromatic carbocycles. The molecule has 0 aliphatic rings. The summed E-state index contributed by atoms with van der Waals surface area (Å²) in [4.78, 5) is 0. The summed E-state index contributed by atoms with van der Waals surface area (Å²) in [5.41, 5.74) is 3.36. The summed E-state index contributed by atoms with van der Waals surface area (Å²) < 4.78 is 0. The highest BCUT2D eigenvalue weighted by Gasteiger charge is 2.03. The van der Waals surface area contributed by atoms with Gasteiger partial charge in [0.05, 0.1) is 0 Å². The molecule has 0 N–H and O–H groups in total. The van der Waals surface area contributed by atoms with Gasteiger partial charge in [0.25, 0.3) is 0 Å². The largest absolute Gasteiger partial charge is 0.0843 e. The number of hydrogen-bond donors (Lipinski definition) is 0. The first-order chi connectivity index (χ1) is 7.16. The van der Waals surface area contributed by atoms with E-state index in [0.717, 1.165) is 11.1 Å². The normalized spacial score (nSPS) is 10.3. The molecule has 0 amide bonds. The van der Waals surface area contributed by atoms with Crippen molar-refractivity contribution in [2.45, 2.75) is 6.92 Å². The molecule has 76 valence electrons. The first kappa shape index (κ1) is 10.5. The SMILES string of the molecule is Cc1cccc(-c2ccc(Cl)cc2Cl)c1. The minimum atomic E-state index is 0.663. The summed E-state index contributed by atoms with van der Waals surface area (Å²) in [5, 5.41) is 1.35. The van der Waals surface area contributed by atoms with Crippen molar-refractivity contribution in [2.24, 2.45) is 0 Å². The Morgan fingerprint density at radius 1 is 0.933 bits per heavy atom. The summed E-state index contributed by atoms with van der Waals surface area (Å²) in [6.45, 7) is 2.06. The smallest absolute Gasteiger partial charge is 0.0499 e. The first-order valence-electron chi connectivity index (χ1n) is 4.69.